The van der Waals surface area contributed by atoms with Crippen molar-refractivity contribution in [1.82, 2.24) is 4.98 Å². The van der Waals surface area contributed by atoms with Crippen molar-refractivity contribution in [2.24, 2.45) is 0 Å². The highest BCUT2D eigenvalue weighted by atomic mass is 32.1. The predicted molar refractivity (Wildman–Crippen MR) is 246 cm³/mol. The molecule has 270 valence electrons. The average Bonchev–Trinajstić information content (AvgIpc) is 3.72. The zero-order valence-electron chi connectivity index (χ0n) is 31.0. The molecular weight excluding hydrogens is 729 g/mol. The lowest BCUT2D eigenvalue weighted by atomic mass is 9.97. The van der Waals surface area contributed by atoms with Crippen LogP contribution in [0.15, 0.2) is 217 Å². The van der Waals surface area contributed by atoms with Gasteiger partial charge in [0.05, 0.1) is 10.2 Å². The molecule has 0 aliphatic heterocycles. The van der Waals surface area contributed by atoms with Gasteiger partial charge >= 0.3 is 0 Å². The smallest absolute Gasteiger partial charge is 0.124 e. The molecule has 10 aromatic rings. The van der Waals surface area contributed by atoms with Crippen LogP contribution in [0.25, 0.3) is 76.1 Å². The van der Waals surface area contributed by atoms with Crippen LogP contribution in [-0.2, 0) is 0 Å². The second-order valence-corrected chi connectivity index (χ2v) is 15.6. The van der Waals surface area contributed by atoms with Crippen LogP contribution < -0.4 is 4.90 Å². The van der Waals surface area contributed by atoms with Crippen LogP contribution in [0.5, 0.6) is 0 Å². The monoisotopic (exact) mass is 764 g/mol. The van der Waals surface area contributed by atoms with Gasteiger partial charge in [0.25, 0.3) is 0 Å². The van der Waals surface area contributed by atoms with Crippen molar-refractivity contribution in [1.29, 1.82) is 0 Å². The van der Waals surface area contributed by atoms with Crippen LogP contribution in [0.4, 0.5) is 17.1 Å². The lowest BCUT2D eigenvalue weighted by Gasteiger charge is -2.26. The first-order valence-electron chi connectivity index (χ1n) is 19.1. The summed E-state index contributed by atoms with van der Waals surface area (Å²) in [6, 6.07) is 75.6. The van der Waals surface area contributed by atoms with Crippen LogP contribution in [-0.4, -0.2) is 4.98 Å². The van der Waals surface area contributed by atoms with E-state index < -0.39 is 0 Å². The second-order valence-electron chi connectivity index (χ2n) is 14.2. The Labute approximate surface area is 342 Å². The quantitative estimate of drug-likeness (QED) is 0.155. The number of anilines is 3. The van der Waals surface area contributed by atoms with E-state index in [9.17, 15) is 0 Å². The Kier molecular flexibility index (Phi) is 9.19. The van der Waals surface area contributed by atoms with E-state index in [1.165, 1.54) is 33.0 Å². The van der Waals surface area contributed by atoms with Crippen LogP contribution in [0, 0.1) is 0 Å². The molecule has 0 spiro atoms. The molecule has 0 radical (unpaired) electrons. The van der Waals surface area contributed by atoms with E-state index >= 15 is 0 Å². The Bertz CT molecular complexity index is 2980. The Hall–Kier alpha value is -6.72. The number of hydrogen-bond donors (Lipinski definition) is 1. The number of benzene rings is 9. The van der Waals surface area contributed by atoms with Gasteiger partial charge in [-0.2, -0.15) is 0 Å². The summed E-state index contributed by atoms with van der Waals surface area (Å²) >= 11 is 6.98. The van der Waals surface area contributed by atoms with Gasteiger partial charge in [-0.05, 0) is 98.2 Å². The van der Waals surface area contributed by atoms with Gasteiger partial charge in [0.1, 0.15) is 5.01 Å². The van der Waals surface area contributed by atoms with Crippen LogP contribution in [0.1, 0.15) is 0 Å². The molecule has 0 unspecified atom stereocenters. The molecule has 0 saturated heterocycles. The Morgan fingerprint density at radius 2 is 0.860 bits per heavy atom. The van der Waals surface area contributed by atoms with Gasteiger partial charge in [-0.3, -0.25) is 0 Å². The summed E-state index contributed by atoms with van der Waals surface area (Å²) in [5.41, 5.74) is 14.4. The summed E-state index contributed by atoms with van der Waals surface area (Å²) in [4.78, 5) is 8.53. The number of rotatable bonds is 8. The molecule has 9 aromatic carbocycles. The van der Waals surface area contributed by atoms with E-state index in [0.717, 1.165) is 65.0 Å². The van der Waals surface area contributed by atoms with Gasteiger partial charge in [0, 0.05) is 33.1 Å². The van der Waals surface area contributed by atoms with Crippen LogP contribution >= 0.6 is 24.0 Å². The van der Waals surface area contributed by atoms with Gasteiger partial charge in [-0.1, -0.05) is 164 Å². The van der Waals surface area contributed by atoms with Gasteiger partial charge < -0.3 is 4.90 Å². The third kappa shape index (κ3) is 6.80. The molecule has 1 heterocycles. The molecule has 4 heteroatoms. The van der Waals surface area contributed by atoms with Crippen molar-refractivity contribution >= 4 is 62.0 Å². The molecule has 57 heavy (non-hydrogen) atoms. The molecule has 0 atom stereocenters. The number of aromatic nitrogens is 1. The maximum absolute atomic E-state index is 5.26. The maximum Gasteiger partial charge on any atom is 0.124 e. The second kappa shape index (κ2) is 15.1. The third-order valence-electron chi connectivity index (χ3n) is 10.6. The molecule has 0 aliphatic carbocycles. The van der Waals surface area contributed by atoms with Crippen molar-refractivity contribution in [2.45, 2.75) is 4.90 Å². The highest BCUT2D eigenvalue weighted by Gasteiger charge is 2.20. The van der Waals surface area contributed by atoms with E-state index in [1.54, 1.807) is 11.3 Å². The number of fused-ring (bicyclic) bond motifs is 2. The fraction of sp³-hybridized carbons (Fsp3) is 0. The van der Waals surface area contributed by atoms with Crippen LogP contribution in [0.2, 0.25) is 0 Å². The minimum Gasteiger partial charge on any atom is -0.310 e. The summed E-state index contributed by atoms with van der Waals surface area (Å²) in [7, 11) is 0. The fourth-order valence-electron chi connectivity index (χ4n) is 7.71. The van der Waals surface area contributed by atoms with Gasteiger partial charge in [0.15, 0.2) is 0 Å². The number of thiazole rings is 1. The van der Waals surface area contributed by atoms with E-state index in [0.29, 0.717) is 0 Å². The molecule has 1 aromatic heterocycles. The minimum atomic E-state index is 0.920. The Morgan fingerprint density at radius 3 is 1.47 bits per heavy atom. The minimum absolute atomic E-state index is 0.920. The predicted octanol–water partition coefficient (Wildman–Crippen LogP) is 15.5. The standard InChI is InChI=1S/C53H36N2S2/c56-52-48(40-17-9-3-10-18-40)35-49-51(54-53(57-49)42-19-11-4-12-20-42)50(52)41-26-30-46(31-27-41)55(45-28-23-38(24-29-45)36-13-5-1-6-14-36)47-32-25-39-21-22-43(33-44(39)34-47)37-15-7-2-8-16-37/h1-35,56H. The first-order valence-corrected chi connectivity index (χ1v) is 20.4. The number of hydrogen-bond acceptors (Lipinski definition) is 4. The van der Waals surface area contributed by atoms with Gasteiger partial charge in [0.2, 0.25) is 0 Å². The number of nitrogens with zero attached hydrogens (tertiary/aromatic N) is 2. The molecule has 0 N–H and O–H groups in total. The maximum atomic E-state index is 5.26. The highest BCUT2D eigenvalue weighted by Crippen LogP contribution is 2.45. The third-order valence-corrected chi connectivity index (χ3v) is 12.1. The lowest BCUT2D eigenvalue weighted by Crippen LogP contribution is -2.10. The molecule has 10 rings (SSSR count). The van der Waals surface area contributed by atoms with Crippen molar-refractivity contribution < 1.29 is 0 Å². The SMILES string of the molecule is Sc1c(-c2ccccc2)cc2sc(-c3ccccc3)nc2c1-c1ccc(N(c2ccc(-c3ccccc3)cc2)c2ccc3ccc(-c4ccccc4)cc3c2)cc1. The average molecular weight is 765 g/mol. The highest BCUT2D eigenvalue weighted by molar-refractivity contribution is 7.80. The first kappa shape index (κ1) is 34.7. The Balaban J connectivity index is 1.11. The molecule has 0 bridgehead atoms. The zero-order valence-corrected chi connectivity index (χ0v) is 32.7. The molecule has 0 amide bonds. The summed E-state index contributed by atoms with van der Waals surface area (Å²) in [5, 5.41) is 3.39. The topological polar surface area (TPSA) is 16.1 Å². The zero-order chi connectivity index (χ0) is 38.1. The molecule has 0 aliphatic rings. The van der Waals surface area contributed by atoms with Gasteiger partial charge in [-0.15, -0.1) is 24.0 Å². The van der Waals surface area contributed by atoms with Crippen molar-refractivity contribution in [2.75, 3.05) is 4.90 Å². The lowest BCUT2D eigenvalue weighted by molar-refractivity contribution is 1.29. The molecule has 0 saturated carbocycles. The number of thiol groups is 1. The Morgan fingerprint density at radius 1 is 0.386 bits per heavy atom. The summed E-state index contributed by atoms with van der Waals surface area (Å²) in [6.45, 7) is 0. The van der Waals surface area contributed by atoms with Crippen molar-refractivity contribution in [3.63, 3.8) is 0 Å². The first-order chi connectivity index (χ1) is 28.2. The van der Waals surface area contributed by atoms with Crippen molar-refractivity contribution in [3.8, 4) is 55.1 Å². The van der Waals surface area contributed by atoms with E-state index in [4.69, 9.17) is 17.6 Å². The summed E-state index contributed by atoms with van der Waals surface area (Å²) < 4.78 is 1.13. The van der Waals surface area contributed by atoms with Crippen molar-refractivity contribution in [3.05, 3.63) is 212 Å². The molecule has 0 fully saturated rings. The van der Waals surface area contributed by atoms with E-state index in [1.807, 2.05) is 6.07 Å². The normalized spacial score (nSPS) is 11.2. The van der Waals surface area contributed by atoms with Gasteiger partial charge in [-0.25, -0.2) is 4.98 Å². The fourth-order valence-corrected chi connectivity index (χ4v) is 9.16. The van der Waals surface area contributed by atoms with E-state index in [-0.39, 0.29) is 0 Å². The summed E-state index contributed by atoms with van der Waals surface area (Å²) in [6.07, 6.45) is 0. The largest absolute Gasteiger partial charge is 0.310 e. The molecular formula is C53H36N2S2. The van der Waals surface area contributed by atoms with Crippen LogP contribution in [0.3, 0.4) is 0 Å². The molecule has 2 nitrogen and oxygen atoms in total. The van der Waals surface area contributed by atoms with E-state index in [2.05, 4.69) is 211 Å². The summed E-state index contributed by atoms with van der Waals surface area (Å²) in [5.74, 6) is 0.